The zero-order valence-electron chi connectivity index (χ0n) is 10.2. The molecule has 2 heterocycles. The molecule has 0 aliphatic carbocycles. The Hall–Kier alpha value is -1.40. The zero-order valence-corrected chi connectivity index (χ0v) is 11.8. The van der Waals surface area contributed by atoms with Gasteiger partial charge in [-0.3, -0.25) is 4.79 Å². The number of hydrogen-bond donors (Lipinski definition) is 1. The van der Waals surface area contributed by atoms with Crippen molar-refractivity contribution < 1.29 is 19.4 Å². The summed E-state index contributed by atoms with van der Waals surface area (Å²) in [6, 6.07) is 0. The summed E-state index contributed by atoms with van der Waals surface area (Å²) in [6.45, 7) is 5.22. The van der Waals surface area contributed by atoms with Crippen molar-refractivity contribution in [2.45, 2.75) is 20.8 Å². The zero-order chi connectivity index (χ0) is 13.4. The van der Waals surface area contributed by atoms with Gasteiger partial charge in [0.25, 0.3) is 0 Å². The van der Waals surface area contributed by atoms with Crippen LogP contribution in [0.15, 0.2) is 0 Å². The predicted octanol–water partition coefficient (Wildman–Crippen LogP) is 3.36. The number of thiophene rings is 2. The van der Waals surface area contributed by atoms with Gasteiger partial charge in [-0.1, -0.05) is 0 Å². The minimum atomic E-state index is -0.382. The molecule has 0 bridgehead atoms. The third-order valence-electron chi connectivity index (χ3n) is 2.54. The molecule has 2 aromatic rings. The van der Waals surface area contributed by atoms with E-state index in [0.717, 1.165) is 4.01 Å². The number of aromatic hydroxyl groups is 1. The molecule has 0 fully saturated rings. The summed E-state index contributed by atoms with van der Waals surface area (Å²) < 4.78 is 5.73. The molecule has 0 aliphatic rings. The van der Waals surface area contributed by atoms with E-state index in [0.29, 0.717) is 27.3 Å². The van der Waals surface area contributed by atoms with Gasteiger partial charge in [0.15, 0.2) is 5.78 Å². The molecule has 18 heavy (non-hydrogen) atoms. The highest BCUT2D eigenvalue weighted by molar-refractivity contribution is 7.40. The van der Waals surface area contributed by atoms with Crippen molar-refractivity contribution in [1.29, 1.82) is 0 Å². The number of hydrogen-bond acceptors (Lipinski definition) is 6. The Morgan fingerprint density at radius 3 is 2.39 bits per heavy atom. The smallest absolute Gasteiger partial charge is 0.348 e. The summed E-state index contributed by atoms with van der Waals surface area (Å²) in [6.07, 6.45) is 0. The maximum atomic E-state index is 11.7. The number of carbonyl (C=O) groups excluding carboxylic acids is 2. The molecule has 6 heteroatoms. The molecular weight excluding hydrogens is 272 g/mol. The van der Waals surface area contributed by atoms with Gasteiger partial charge in [0.1, 0.15) is 15.5 Å². The van der Waals surface area contributed by atoms with Gasteiger partial charge in [-0.05, 0) is 19.4 Å². The van der Waals surface area contributed by atoms with E-state index in [1.54, 1.807) is 13.8 Å². The highest BCUT2D eigenvalue weighted by Gasteiger charge is 2.24. The highest BCUT2D eigenvalue weighted by Crippen LogP contribution is 2.45. The standard InChI is InChI=1S/C12H12O4S2/c1-4-16-11(15)9-5(2)7-8(14)10(6(3)13)18-12(7)17-9/h14H,4H2,1-3H3. The lowest BCUT2D eigenvalue weighted by atomic mass is 10.2. The summed E-state index contributed by atoms with van der Waals surface area (Å²) >= 11 is 2.47. The number of rotatable bonds is 3. The summed E-state index contributed by atoms with van der Waals surface area (Å²) in [5.41, 5.74) is 0.676. The van der Waals surface area contributed by atoms with Crippen molar-refractivity contribution in [3.63, 3.8) is 0 Å². The first-order valence-electron chi connectivity index (χ1n) is 5.40. The first-order chi connectivity index (χ1) is 8.47. The topological polar surface area (TPSA) is 63.6 Å². The average molecular weight is 284 g/mol. The van der Waals surface area contributed by atoms with Crippen LogP contribution in [-0.2, 0) is 4.74 Å². The molecule has 0 aliphatic heterocycles. The molecular formula is C12H12O4S2. The number of ketones is 1. The number of fused-ring (bicyclic) bond motifs is 1. The van der Waals surface area contributed by atoms with Gasteiger partial charge in [0, 0.05) is 12.3 Å². The minimum absolute atomic E-state index is 0.0215. The first-order valence-corrected chi connectivity index (χ1v) is 7.03. The van der Waals surface area contributed by atoms with Gasteiger partial charge >= 0.3 is 5.97 Å². The Morgan fingerprint density at radius 2 is 1.89 bits per heavy atom. The van der Waals surface area contributed by atoms with E-state index in [2.05, 4.69) is 0 Å². The van der Waals surface area contributed by atoms with Crippen LogP contribution in [0.2, 0.25) is 0 Å². The van der Waals surface area contributed by atoms with Gasteiger partial charge in [0.2, 0.25) is 0 Å². The molecule has 0 unspecified atom stereocenters. The molecule has 0 amide bonds. The fourth-order valence-corrected chi connectivity index (χ4v) is 4.20. The molecule has 0 aromatic carbocycles. The lowest BCUT2D eigenvalue weighted by Crippen LogP contribution is -2.03. The van der Waals surface area contributed by atoms with E-state index >= 15 is 0 Å². The van der Waals surface area contributed by atoms with Crippen molar-refractivity contribution in [3.8, 4) is 5.75 Å². The maximum absolute atomic E-state index is 11.7. The fourth-order valence-electron chi connectivity index (χ4n) is 1.72. The second-order valence-electron chi connectivity index (χ2n) is 3.78. The van der Waals surface area contributed by atoms with E-state index in [9.17, 15) is 14.7 Å². The Bertz CT molecular complexity index is 636. The van der Waals surface area contributed by atoms with Crippen molar-refractivity contribution in [2.75, 3.05) is 6.61 Å². The molecule has 2 rings (SSSR count). The van der Waals surface area contributed by atoms with E-state index < -0.39 is 0 Å². The lowest BCUT2D eigenvalue weighted by molar-refractivity contribution is 0.0531. The van der Waals surface area contributed by atoms with Crippen LogP contribution < -0.4 is 0 Å². The van der Waals surface area contributed by atoms with E-state index in [1.165, 1.54) is 29.6 Å². The van der Waals surface area contributed by atoms with Gasteiger partial charge in [-0.2, -0.15) is 0 Å². The Labute approximate surface area is 112 Å². The molecule has 0 saturated heterocycles. The molecule has 0 atom stereocenters. The summed E-state index contributed by atoms with van der Waals surface area (Å²) in [7, 11) is 0. The number of Topliss-reactive ketones (excluding diaryl/α,β-unsaturated/α-hetero) is 1. The first kappa shape index (κ1) is 13.0. The second kappa shape index (κ2) is 4.70. The van der Waals surface area contributed by atoms with Crippen LogP contribution in [0, 0.1) is 6.92 Å². The predicted molar refractivity (Wildman–Crippen MR) is 72.1 cm³/mol. The molecule has 4 nitrogen and oxygen atoms in total. The normalized spacial score (nSPS) is 10.8. The average Bonchev–Trinajstić information content (AvgIpc) is 2.78. The molecule has 0 spiro atoms. The highest BCUT2D eigenvalue weighted by atomic mass is 32.2. The monoisotopic (exact) mass is 284 g/mol. The molecule has 1 N–H and O–H groups in total. The van der Waals surface area contributed by atoms with Crippen molar-refractivity contribution in [2.24, 2.45) is 0 Å². The van der Waals surface area contributed by atoms with Crippen LogP contribution in [0.5, 0.6) is 5.75 Å². The number of aryl methyl sites for hydroxylation is 1. The Balaban J connectivity index is 2.60. The van der Waals surface area contributed by atoms with Crippen LogP contribution in [0.3, 0.4) is 0 Å². The summed E-state index contributed by atoms with van der Waals surface area (Å²) in [5, 5.41) is 10.6. The second-order valence-corrected chi connectivity index (χ2v) is 6.07. The largest absolute Gasteiger partial charge is 0.506 e. The van der Waals surface area contributed by atoms with Crippen molar-refractivity contribution in [1.82, 2.24) is 0 Å². The quantitative estimate of drug-likeness (QED) is 0.693. The Kier molecular flexibility index (Phi) is 3.41. The van der Waals surface area contributed by atoms with Crippen LogP contribution >= 0.6 is 22.7 Å². The molecule has 0 radical (unpaired) electrons. The van der Waals surface area contributed by atoms with Crippen LogP contribution in [0.1, 0.15) is 38.8 Å². The van der Waals surface area contributed by atoms with Crippen molar-refractivity contribution in [3.05, 3.63) is 15.3 Å². The fraction of sp³-hybridized carbons (Fsp3) is 0.333. The molecule has 0 saturated carbocycles. The lowest BCUT2D eigenvalue weighted by Gasteiger charge is -2.00. The van der Waals surface area contributed by atoms with Crippen LogP contribution in [0.25, 0.3) is 9.40 Å². The van der Waals surface area contributed by atoms with E-state index in [-0.39, 0.29) is 17.5 Å². The van der Waals surface area contributed by atoms with E-state index in [4.69, 9.17) is 4.74 Å². The van der Waals surface area contributed by atoms with Gasteiger partial charge in [-0.25, -0.2) is 4.79 Å². The van der Waals surface area contributed by atoms with Gasteiger partial charge in [-0.15, -0.1) is 22.7 Å². The Morgan fingerprint density at radius 1 is 1.28 bits per heavy atom. The minimum Gasteiger partial charge on any atom is -0.506 e. The summed E-state index contributed by atoms with van der Waals surface area (Å²) in [4.78, 5) is 23.9. The number of ether oxygens (including phenoxy) is 1. The van der Waals surface area contributed by atoms with Crippen LogP contribution in [0.4, 0.5) is 0 Å². The maximum Gasteiger partial charge on any atom is 0.348 e. The molecule has 96 valence electrons. The third kappa shape index (κ3) is 1.91. The van der Waals surface area contributed by atoms with Crippen molar-refractivity contribution >= 4 is 43.8 Å². The number of esters is 1. The SMILES string of the molecule is CCOC(=O)c1sc2sc(C(C)=O)c(O)c2c1C. The third-order valence-corrected chi connectivity index (χ3v) is 5.18. The number of carbonyl (C=O) groups is 2. The van der Waals surface area contributed by atoms with Gasteiger partial charge < -0.3 is 9.84 Å². The van der Waals surface area contributed by atoms with Crippen LogP contribution in [-0.4, -0.2) is 23.5 Å². The van der Waals surface area contributed by atoms with Gasteiger partial charge in [0.05, 0.1) is 10.6 Å². The molecule has 2 aromatic heterocycles. The summed E-state index contributed by atoms with van der Waals surface area (Å²) in [5.74, 6) is -0.572. The van der Waals surface area contributed by atoms with E-state index in [1.807, 2.05) is 0 Å².